The molecular weight excluding hydrogens is 336 g/mol. The van der Waals surface area contributed by atoms with Crippen molar-refractivity contribution in [1.82, 2.24) is 5.32 Å². The first-order valence-electron chi connectivity index (χ1n) is 8.83. The molecule has 0 aliphatic carbocycles. The summed E-state index contributed by atoms with van der Waals surface area (Å²) in [6, 6.07) is 23.2. The van der Waals surface area contributed by atoms with E-state index >= 15 is 0 Å². The number of carbonyl (C=O) groups excluding carboxylic acids is 2. The molecule has 1 atom stereocenters. The number of aryl methyl sites for hydroxylation is 2. The lowest BCUT2D eigenvalue weighted by Crippen LogP contribution is -2.37. The second kappa shape index (κ2) is 8.32. The maximum atomic E-state index is 13.0. The number of benzene rings is 3. The van der Waals surface area contributed by atoms with Crippen molar-refractivity contribution in [3.63, 3.8) is 0 Å². The summed E-state index contributed by atoms with van der Waals surface area (Å²) in [5, 5.41) is 5.79. The van der Waals surface area contributed by atoms with Gasteiger partial charge in [0.1, 0.15) is 6.04 Å². The Balaban J connectivity index is 1.85. The minimum absolute atomic E-state index is 0.280. The van der Waals surface area contributed by atoms with E-state index in [9.17, 15) is 9.59 Å². The largest absolute Gasteiger partial charge is 0.336 e. The lowest BCUT2D eigenvalue weighted by molar-refractivity contribution is -0.118. The van der Waals surface area contributed by atoms with Gasteiger partial charge < -0.3 is 10.6 Å². The summed E-state index contributed by atoms with van der Waals surface area (Å²) in [7, 11) is 0. The average Bonchev–Trinajstić information content (AvgIpc) is 2.69. The average molecular weight is 358 g/mol. The van der Waals surface area contributed by atoms with Crippen molar-refractivity contribution >= 4 is 17.5 Å². The number of carbonyl (C=O) groups is 2. The third kappa shape index (κ3) is 4.61. The highest BCUT2D eigenvalue weighted by Crippen LogP contribution is 2.20. The smallest absolute Gasteiger partial charge is 0.252 e. The first kappa shape index (κ1) is 18.4. The van der Waals surface area contributed by atoms with Crippen LogP contribution in [0.4, 0.5) is 5.69 Å². The summed E-state index contributed by atoms with van der Waals surface area (Å²) in [6.07, 6.45) is 0. The van der Waals surface area contributed by atoms with E-state index in [1.54, 1.807) is 24.3 Å². The fraction of sp³-hybridized carbons (Fsp3) is 0.130. The van der Waals surface area contributed by atoms with Crippen LogP contribution in [0.1, 0.15) is 33.1 Å². The lowest BCUT2D eigenvalue weighted by atomic mass is 10.0. The highest BCUT2D eigenvalue weighted by molar-refractivity contribution is 6.01. The van der Waals surface area contributed by atoms with Gasteiger partial charge in [0.05, 0.1) is 0 Å². The Labute approximate surface area is 159 Å². The van der Waals surface area contributed by atoms with Gasteiger partial charge in [-0.05, 0) is 43.2 Å². The Morgan fingerprint density at radius 1 is 0.815 bits per heavy atom. The maximum absolute atomic E-state index is 13.0. The molecule has 0 aromatic heterocycles. The Morgan fingerprint density at radius 3 is 2.07 bits per heavy atom. The fourth-order valence-corrected chi connectivity index (χ4v) is 2.91. The second-order valence-corrected chi connectivity index (χ2v) is 6.49. The van der Waals surface area contributed by atoms with Crippen molar-refractivity contribution in [2.75, 3.05) is 5.32 Å². The SMILES string of the molecule is Cc1ccc(NC(=O)C(NC(=O)c2ccccc2)c2ccccc2)c(C)c1. The molecule has 3 aromatic carbocycles. The molecule has 0 spiro atoms. The highest BCUT2D eigenvalue weighted by atomic mass is 16.2. The van der Waals surface area contributed by atoms with Crippen LogP contribution in [0, 0.1) is 13.8 Å². The molecular formula is C23H22N2O2. The van der Waals surface area contributed by atoms with E-state index < -0.39 is 6.04 Å². The van der Waals surface area contributed by atoms with E-state index in [0.717, 1.165) is 22.4 Å². The van der Waals surface area contributed by atoms with Crippen LogP contribution >= 0.6 is 0 Å². The van der Waals surface area contributed by atoms with Crippen LogP contribution in [-0.4, -0.2) is 11.8 Å². The highest BCUT2D eigenvalue weighted by Gasteiger charge is 2.23. The molecule has 3 aromatic rings. The molecule has 4 heteroatoms. The van der Waals surface area contributed by atoms with E-state index in [-0.39, 0.29) is 11.8 Å². The summed E-state index contributed by atoms with van der Waals surface area (Å²) in [4.78, 5) is 25.6. The molecule has 1 unspecified atom stereocenters. The third-order valence-electron chi connectivity index (χ3n) is 4.35. The van der Waals surface area contributed by atoms with Gasteiger partial charge in [-0.3, -0.25) is 9.59 Å². The van der Waals surface area contributed by atoms with Crippen molar-refractivity contribution in [1.29, 1.82) is 0 Å². The molecule has 0 fully saturated rings. The molecule has 0 bridgehead atoms. The van der Waals surface area contributed by atoms with Crippen LogP contribution in [0.2, 0.25) is 0 Å². The molecule has 136 valence electrons. The Bertz CT molecular complexity index is 937. The molecule has 0 saturated heterocycles. The van der Waals surface area contributed by atoms with Gasteiger partial charge in [-0.1, -0.05) is 66.2 Å². The number of hydrogen-bond acceptors (Lipinski definition) is 2. The number of hydrogen-bond donors (Lipinski definition) is 2. The van der Waals surface area contributed by atoms with E-state index in [1.165, 1.54) is 0 Å². The van der Waals surface area contributed by atoms with Crippen LogP contribution in [0.25, 0.3) is 0 Å². The Hall–Kier alpha value is -3.40. The zero-order valence-electron chi connectivity index (χ0n) is 15.4. The van der Waals surface area contributed by atoms with E-state index in [4.69, 9.17) is 0 Å². The summed E-state index contributed by atoms with van der Waals surface area (Å²) in [6.45, 7) is 3.95. The second-order valence-electron chi connectivity index (χ2n) is 6.49. The predicted octanol–water partition coefficient (Wildman–Crippen LogP) is 4.41. The maximum Gasteiger partial charge on any atom is 0.252 e. The van der Waals surface area contributed by atoms with Gasteiger partial charge >= 0.3 is 0 Å². The van der Waals surface area contributed by atoms with Crippen molar-refractivity contribution in [3.05, 3.63) is 101 Å². The number of rotatable bonds is 5. The van der Waals surface area contributed by atoms with Gasteiger partial charge in [0.2, 0.25) is 0 Å². The Kier molecular flexibility index (Phi) is 5.67. The predicted molar refractivity (Wildman–Crippen MR) is 108 cm³/mol. The molecule has 3 rings (SSSR count). The molecule has 0 aliphatic rings. The van der Waals surface area contributed by atoms with Crippen molar-refractivity contribution in [2.24, 2.45) is 0 Å². The molecule has 27 heavy (non-hydrogen) atoms. The zero-order valence-corrected chi connectivity index (χ0v) is 15.4. The molecule has 2 N–H and O–H groups in total. The minimum atomic E-state index is -0.792. The topological polar surface area (TPSA) is 58.2 Å². The monoisotopic (exact) mass is 358 g/mol. The standard InChI is InChI=1S/C23H22N2O2/c1-16-13-14-20(17(2)15-16)24-23(27)21(18-9-5-3-6-10-18)25-22(26)19-11-7-4-8-12-19/h3-15,21H,1-2H3,(H,24,27)(H,25,26). The first-order chi connectivity index (χ1) is 13.0. The number of nitrogens with one attached hydrogen (secondary N) is 2. The van der Waals surface area contributed by atoms with Gasteiger partial charge in [-0.15, -0.1) is 0 Å². The van der Waals surface area contributed by atoms with Gasteiger partial charge in [0.25, 0.3) is 11.8 Å². The third-order valence-corrected chi connectivity index (χ3v) is 4.35. The molecule has 0 aliphatic heterocycles. The molecule has 0 radical (unpaired) electrons. The van der Waals surface area contributed by atoms with Crippen molar-refractivity contribution in [2.45, 2.75) is 19.9 Å². The first-order valence-corrected chi connectivity index (χ1v) is 8.83. The fourth-order valence-electron chi connectivity index (χ4n) is 2.91. The van der Waals surface area contributed by atoms with Crippen molar-refractivity contribution in [3.8, 4) is 0 Å². The molecule has 2 amide bonds. The molecule has 0 heterocycles. The normalized spacial score (nSPS) is 11.5. The zero-order chi connectivity index (χ0) is 19.2. The van der Waals surface area contributed by atoms with Crippen LogP contribution in [0.3, 0.4) is 0 Å². The summed E-state index contributed by atoms with van der Waals surface area (Å²) < 4.78 is 0. The van der Waals surface area contributed by atoms with Gasteiger partial charge in [0.15, 0.2) is 0 Å². The quantitative estimate of drug-likeness (QED) is 0.710. The van der Waals surface area contributed by atoms with Gasteiger partial charge in [-0.2, -0.15) is 0 Å². The summed E-state index contributed by atoms with van der Waals surface area (Å²) in [5.74, 6) is -0.572. The van der Waals surface area contributed by atoms with Crippen LogP contribution < -0.4 is 10.6 Å². The van der Waals surface area contributed by atoms with Gasteiger partial charge in [0, 0.05) is 11.3 Å². The molecule has 0 saturated carbocycles. The van der Waals surface area contributed by atoms with Crippen LogP contribution in [-0.2, 0) is 4.79 Å². The Morgan fingerprint density at radius 2 is 1.44 bits per heavy atom. The van der Waals surface area contributed by atoms with Gasteiger partial charge in [-0.25, -0.2) is 0 Å². The summed E-state index contributed by atoms with van der Waals surface area (Å²) in [5.41, 5.74) is 4.08. The molecule has 4 nitrogen and oxygen atoms in total. The van der Waals surface area contributed by atoms with Crippen LogP contribution in [0.15, 0.2) is 78.9 Å². The van der Waals surface area contributed by atoms with E-state index in [2.05, 4.69) is 10.6 Å². The van der Waals surface area contributed by atoms with E-state index in [0.29, 0.717) is 5.56 Å². The number of amides is 2. The van der Waals surface area contributed by atoms with Crippen molar-refractivity contribution < 1.29 is 9.59 Å². The minimum Gasteiger partial charge on any atom is -0.336 e. The van der Waals surface area contributed by atoms with Crippen LogP contribution in [0.5, 0.6) is 0 Å². The lowest BCUT2D eigenvalue weighted by Gasteiger charge is -2.20. The number of anilines is 1. The van der Waals surface area contributed by atoms with E-state index in [1.807, 2.05) is 68.4 Å². The summed E-state index contributed by atoms with van der Waals surface area (Å²) >= 11 is 0.